The summed E-state index contributed by atoms with van der Waals surface area (Å²) in [5, 5.41) is 5.71. The molecule has 0 amide bonds. The maximum absolute atomic E-state index is 12.8. The average Bonchev–Trinajstić information content (AvgIpc) is 2.83. The summed E-state index contributed by atoms with van der Waals surface area (Å²) in [4.78, 5) is 4.13. The number of nitrogens with one attached hydrogen (secondary N) is 1. The standard InChI is InChI=1S/C13H13F3N2S/c1-8-3-4-10(7-11(8)13(14,15)16)18-9(2)12-17-5-6-19-12/h3-7,9,18H,1-2H3. The number of aryl methyl sites for hydroxylation is 1. The van der Waals surface area contributed by atoms with Gasteiger partial charge in [0.15, 0.2) is 0 Å². The van der Waals surface area contributed by atoms with E-state index in [9.17, 15) is 13.2 Å². The van der Waals surface area contributed by atoms with Crippen LogP contribution < -0.4 is 5.32 Å². The van der Waals surface area contributed by atoms with Crippen LogP contribution in [0.4, 0.5) is 18.9 Å². The number of benzene rings is 1. The fourth-order valence-electron chi connectivity index (χ4n) is 1.78. The number of rotatable bonds is 3. The summed E-state index contributed by atoms with van der Waals surface area (Å²) in [6.45, 7) is 3.32. The lowest BCUT2D eigenvalue weighted by Gasteiger charge is -2.16. The number of thiazole rings is 1. The highest BCUT2D eigenvalue weighted by atomic mass is 32.1. The van der Waals surface area contributed by atoms with Gasteiger partial charge in [0, 0.05) is 17.3 Å². The van der Waals surface area contributed by atoms with Crippen LogP contribution >= 0.6 is 11.3 Å². The first-order valence-corrected chi connectivity index (χ1v) is 6.59. The number of halogens is 3. The zero-order valence-electron chi connectivity index (χ0n) is 10.5. The van der Waals surface area contributed by atoms with Gasteiger partial charge in [0.1, 0.15) is 5.01 Å². The molecule has 1 N–H and O–H groups in total. The number of nitrogens with zero attached hydrogens (tertiary/aromatic N) is 1. The molecular formula is C13H13F3N2S. The Morgan fingerprint density at radius 2 is 2.05 bits per heavy atom. The largest absolute Gasteiger partial charge is 0.416 e. The van der Waals surface area contributed by atoms with Gasteiger partial charge >= 0.3 is 6.18 Å². The van der Waals surface area contributed by atoms with E-state index in [1.807, 2.05) is 12.3 Å². The molecule has 0 aliphatic heterocycles. The highest BCUT2D eigenvalue weighted by molar-refractivity contribution is 7.09. The number of alkyl halides is 3. The molecule has 1 aromatic heterocycles. The van der Waals surface area contributed by atoms with Gasteiger partial charge in [0.2, 0.25) is 0 Å². The second kappa shape index (κ2) is 5.21. The van der Waals surface area contributed by atoms with E-state index >= 15 is 0 Å². The van der Waals surface area contributed by atoms with Crippen LogP contribution in [0.15, 0.2) is 29.8 Å². The molecule has 0 aliphatic rings. The lowest BCUT2D eigenvalue weighted by molar-refractivity contribution is -0.138. The van der Waals surface area contributed by atoms with Crippen LogP contribution in [-0.4, -0.2) is 4.98 Å². The van der Waals surface area contributed by atoms with Gasteiger partial charge in [-0.2, -0.15) is 13.2 Å². The molecule has 0 fully saturated rings. The van der Waals surface area contributed by atoms with Crippen LogP contribution in [0, 0.1) is 6.92 Å². The van der Waals surface area contributed by atoms with Crippen molar-refractivity contribution in [2.24, 2.45) is 0 Å². The molecule has 1 unspecified atom stereocenters. The van der Waals surface area contributed by atoms with Crippen LogP contribution in [-0.2, 0) is 6.18 Å². The van der Waals surface area contributed by atoms with E-state index in [0.29, 0.717) is 5.69 Å². The molecular weight excluding hydrogens is 273 g/mol. The fraction of sp³-hybridized carbons (Fsp3) is 0.308. The van der Waals surface area contributed by atoms with Gasteiger partial charge in [-0.05, 0) is 31.5 Å². The highest BCUT2D eigenvalue weighted by Gasteiger charge is 2.32. The van der Waals surface area contributed by atoms with Crippen molar-refractivity contribution in [1.82, 2.24) is 4.98 Å². The smallest absolute Gasteiger partial charge is 0.376 e. The molecule has 0 spiro atoms. The van der Waals surface area contributed by atoms with Crippen molar-refractivity contribution in [3.05, 3.63) is 45.9 Å². The molecule has 2 rings (SSSR count). The van der Waals surface area contributed by atoms with Gasteiger partial charge in [-0.25, -0.2) is 4.98 Å². The first-order chi connectivity index (χ1) is 8.88. The van der Waals surface area contributed by atoms with Crippen molar-refractivity contribution in [2.75, 3.05) is 5.32 Å². The summed E-state index contributed by atoms with van der Waals surface area (Å²) in [6.07, 6.45) is -2.65. The third-order valence-electron chi connectivity index (χ3n) is 2.75. The van der Waals surface area contributed by atoms with Crippen LogP contribution in [0.3, 0.4) is 0 Å². The number of aromatic nitrogens is 1. The minimum absolute atomic E-state index is 0.121. The normalized spacial score (nSPS) is 13.3. The van der Waals surface area contributed by atoms with Crippen LogP contribution in [0.1, 0.15) is 29.1 Å². The van der Waals surface area contributed by atoms with Gasteiger partial charge in [0.05, 0.1) is 11.6 Å². The molecule has 19 heavy (non-hydrogen) atoms. The van der Waals surface area contributed by atoms with Crippen molar-refractivity contribution < 1.29 is 13.2 Å². The molecule has 102 valence electrons. The predicted octanol–water partition coefficient (Wildman–Crippen LogP) is 4.64. The lowest BCUT2D eigenvalue weighted by atomic mass is 10.1. The Morgan fingerprint density at radius 3 is 2.63 bits per heavy atom. The second-order valence-corrected chi connectivity index (χ2v) is 5.19. The topological polar surface area (TPSA) is 24.9 Å². The number of anilines is 1. The monoisotopic (exact) mass is 286 g/mol. The Hall–Kier alpha value is -1.56. The maximum Gasteiger partial charge on any atom is 0.416 e. The SMILES string of the molecule is Cc1ccc(NC(C)c2nccs2)cc1C(F)(F)F. The molecule has 0 saturated carbocycles. The average molecular weight is 286 g/mol. The Labute approximate surface area is 113 Å². The number of hydrogen-bond donors (Lipinski definition) is 1. The van der Waals surface area contributed by atoms with Crippen molar-refractivity contribution in [3.63, 3.8) is 0 Å². The summed E-state index contributed by atoms with van der Waals surface area (Å²) in [6, 6.07) is 4.14. The van der Waals surface area contributed by atoms with Crippen molar-refractivity contribution in [2.45, 2.75) is 26.1 Å². The molecule has 0 saturated heterocycles. The molecule has 0 bridgehead atoms. The van der Waals surface area contributed by atoms with Crippen LogP contribution in [0.25, 0.3) is 0 Å². The van der Waals surface area contributed by atoms with E-state index in [2.05, 4.69) is 10.3 Å². The van der Waals surface area contributed by atoms with Gasteiger partial charge in [-0.15, -0.1) is 11.3 Å². The third-order valence-corrected chi connectivity index (χ3v) is 3.71. The predicted molar refractivity (Wildman–Crippen MR) is 70.3 cm³/mol. The van der Waals surface area contributed by atoms with Crippen molar-refractivity contribution in [3.8, 4) is 0 Å². The summed E-state index contributed by atoms with van der Waals surface area (Å²) >= 11 is 1.47. The quantitative estimate of drug-likeness (QED) is 0.888. The van der Waals surface area contributed by atoms with Crippen LogP contribution in [0.5, 0.6) is 0 Å². The molecule has 2 nitrogen and oxygen atoms in total. The Morgan fingerprint density at radius 1 is 1.32 bits per heavy atom. The minimum Gasteiger partial charge on any atom is -0.376 e. The summed E-state index contributed by atoms with van der Waals surface area (Å²) < 4.78 is 38.4. The fourth-order valence-corrected chi connectivity index (χ4v) is 2.42. The minimum atomic E-state index is -4.33. The highest BCUT2D eigenvalue weighted by Crippen LogP contribution is 2.34. The Kier molecular flexibility index (Phi) is 3.80. The molecule has 0 radical (unpaired) electrons. The maximum atomic E-state index is 12.8. The zero-order valence-corrected chi connectivity index (χ0v) is 11.3. The molecule has 0 aliphatic carbocycles. The zero-order chi connectivity index (χ0) is 14.0. The van der Waals surface area contributed by atoms with Gasteiger partial charge in [-0.1, -0.05) is 6.07 Å². The van der Waals surface area contributed by atoms with E-state index < -0.39 is 11.7 Å². The first kappa shape index (κ1) is 13.9. The van der Waals surface area contributed by atoms with E-state index in [-0.39, 0.29) is 11.6 Å². The summed E-state index contributed by atoms with van der Waals surface area (Å²) in [5.41, 5.74) is 0.0596. The van der Waals surface area contributed by atoms with E-state index in [1.54, 1.807) is 12.3 Å². The van der Waals surface area contributed by atoms with Gasteiger partial charge in [0.25, 0.3) is 0 Å². The third kappa shape index (κ3) is 3.26. The van der Waals surface area contributed by atoms with Crippen LogP contribution in [0.2, 0.25) is 0 Å². The van der Waals surface area contributed by atoms with E-state index in [0.717, 1.165) is 11.1 Å². The summed E-state index contributed by atoms with van der Waals surface area (Å²) in [5.74, 6) is 0. The summed E-state index contributed by atoms with van der Waals surface area (Å²) in [7, 11) is 0. The van der Waals surface area contributed by atoms with Gasteiger partial charge in [-0.3, -0.25) is 0 Å². The first-order valence-electron chi connectivity index (χ1n) is 5.71. The Bertz CT molecular complexity index is 550. The lowest BCUT2D eigenvalue weighted by Crippen LogP contribution is -2.10. The van der Waals surface area contributed by atoms with E-state index in [1.165, 1.54) is 24.3 Å². The molecule has 1 aromatic carbocycles. The molecule has 6 heteroatoms. The van der Waals surface area contributed by atoms with Crippen molar-refractivity contribution >= 4 is 17.0 Å². The Balaban J connectivity index is 2.22. The van der Waals surface area contributed by atoms with E-state index in [4.69, 9.17) is 0 Å². The second-order valence-electron chi connectivity index (χ2n) is 4.26. The van der Waals surface area contributed by atoms with Gasteiger partial charge < -0.3 is 5.32 Å². The van der Waals surface area contributed by atoms with Crippen molar-refractivity contribution in [1.29, 1.82) is 0 Å². The molecule has 1 atom stereocenters. The number of hydrogen-bond acceptors (Lipinski definition) is 3. The molecule has 2 aromatic rings. The molecule has 1 heterocycles.